The maximum absolute atomic E-state index is 10.9. The Balaban J connectivity index is 2.84. The average Bonchev–Trinajstić information content (AvgIpc) is 2.28. The van der Waals surface area contributed by atoms with Crippen LogP contribution in [-0.4, -0.2) is 31.0 Å². The van der Waals surface area contributed by atoms with Crippen LogP contribution in [0, 0.1) is 0 Å². The summed E-state index contributed by atoms with van der Waals surface area (Å²) in [7, 11) is 0. The molecule has 0 aliphatic heterocycles. The van der Waals surface area contributed by atoms with Crippen molar-refractivity contribution in [1.82, 2.24) is 4.98 Å². The number of aromatic nitrogens is 1. The number of rotatable bonds is 2. The van der Waals surface area contributed by atoms with Gasteiger partial charge in [0.2, 0.25) is 0 Å². The van der Waals surface area contributed by atoms with E-state index in [2.05, 4.69) is 4.98 Å². The van der Waals surface area contributed by atoms with Crippen LogP contribution in [0.5, 0.6) is 0 Å². The van der Waals surface area contributed by atoms with E-state index in [0.717, 1.165) is 9.85 Å². The predicted octanol–water partition coefficient (Wildman–Crippen LogP) is 0.893. The topological polar surface area (TPSA) is 76.2 Å². The van der Waals surface area contributed by atoms with E-state index >= 15 is 0 Å². The van der Waals surface area contributed by atoms with Gasteiger partial charge in [-0.3, -0.25) is 0 Å². The van der Waals surface area contributed by atoms with Crippen molar-refractivity contribution in [3.8, 4) is 0 Å². The van der Waals surface area contributed by atoms with Gasteiger partial charge in [-0.25, -0.2) is 0 Å². The van der Waals surface area contributed by atoms with Gasteiger partial charge in [0.25, 0.3) is 0 Å². The molecule has 0 spiro atoms. The first-order valence-corrected chi connectivity index (χ1v) is 7.17. The minimum absolute atomic E-state index is 0.0594. The van der Waals surface area contributed by atoms with Crippen LogP contribution < -0.4 is 10.2 Å². The molecule has 0 fully saturated rings. The van der Waals surface area contributed by atoms with Crippen molar-refractivity contribution in [3.05, 3.63) is 30.0 Å². The molecule has 2 rings (SSSR count). The molecule has 0 amide bonds. The first kappa shape index (κ1) is 10.9. The number of nitrogens with two attached hydrogens (primary N) is 1. The van der Waals surface area contributed by atoms with Crippen molar-refractivity contribution in [1.29, 1.82) is 0 Å². The fourth-order valence-corrected chi connectivity index (χ4v) is 2.81. The molecule has 0 bridgehead atoms. The molecule has 1 heterocycles. The molecule has 1 aromatic carbocycles. The van der Waals surface area contributed by atoms with Gasteiger partial charge in [-0.2, -0.15) is 0 Å². The van der Waals surface area contributed by atoms with Gasteiger partial charge in [-0.15, -0.1) is 0 Å². The molecule has 16 heavy (non-hydrogen) atoms. The van der Waals surface area contributed by atoms with Gasteiger partial charge in [0.1, 0.15) is 0 Å². The molecule has 0 saturated carbocycles. The third-order valence-electron chi connectivity index (χ3n) is 2.27. The Morgan fingerprint density at radius 2 is 2.25 bits per heavy atom. The van der Waals surface area contributed by atoms with Crippen molar-refractivity contribution >= 4 is 42.0 Å². The van der Waals surface area contributed by atoms with Crippen LogP contribution in [0.4, 0.5) is 5.69 Å². The van der Waals surface area contributed by atoms with Gasteiger partial charge in [0, 0.05) is 0 Å². The van der Waals surface area contributed by atoms with E-state index in [1.807, 2.05) is 18.0 Å². The van der Waals surface area contributed by atoms with Gasteiger partial charge >= 0.3 is 98.4 Å². The predicted molar refractivity (Wildman–Crippen MR) is 64.4 cm³/mol. The van der Waals surface area contributed by atoms with Crippen LogP contribution >= 0.6 is 0 Å². The third kappa shape index (κ3) is 1.75. The molecule has 0 aliphatic carbocycles. The zero-order valence-corrected chi connectivity index (χ0v) is 10.3. The van der Waals surface area contributed by atoms with Crippen molar-refractivity contribution in [2.75, 3.05) is 5.73 Å². The summed E-state index contributed by atoms with van der Waals surface area (Å²) in [4.78, 5) is 15.0. The van der Waals surface area contributed by atoms with Gasteiger partial charge in [-0.1, -0.05) is 0 Å². The fourth-order valence-electron chi connectivity index (χ4n) is 1.52. The second-order valence-corrected chi connectivity index (χ2v) is 5.04. The Morgan fingerprint density at radius 1 is 1.50 bits per heavy atom. The van der Waals surface area contributed by atoms with E-state index in [1.54, 1.807) is 12.1 Å². The van der Waals surface area contributed by atoms with Crippen LogP contribution in [0.1, 0.15) is 10.5 Å². The molecule has 2 aromatic rings. The normalized spacial score (nSPS) is 10.6. The molecule has 4 nitrogen and oxygen atoms in total. The Bertz CT molecular complexity index is 569. The Hall–Kier alpha value is -1.58. The molecule has 1 aromatic heterocycles. The number of pyridine rings is 1. The quantitative estimate of drug-likeness (QED) is 0.633. The maximum atomic E-state index is 10.9. The van der Waals surface area contributed by atoms with Crippen LogP contribution in [0.15, 0.2) is 24.3 Å². The molecule has 3 N–H and O–H groups in total. The Kier molecular flexibility index (Phi) is 2.81. The summed E-state index contributed by atoms with van der Waals surface area (Å²) in [6, 6.07) is 7.14. The zero-order valence-electron chi connectivity index (χ0n) is 8.60. The number of hydrogen-bond donors (Lipinski definition) is 2. The summed E-state index contributed by atoms with van der Waals surface area (Å²) in [5.41, 5.74) is 6.96. The van der Waals surface area contributed by atoms with E-state index in [-0.39, 0.29) is 20.7 Å². The van der Waals surface area contributed by atoms with E-state index in [4.69, 9.17) is 10.8 Å². The minimum atomic E-state index is -1.02. The van der Waals surface area contributed by atoms with Gasteiger partial charge < -0.3 is 0 Å². The molecule has 0 saturated heterocycles. The summed E-state index contributed by atoms with van der Waals surface area (Å²) in [6.45, 7) is 0. The molecular formula is C11H10N2O2Se. The number of para-hydroxylation sites is 1. The number of carboxylic acid groups (broad SMARTS) is 1. The zero-order chi connectivity index (χ0) is 11.7. The van der Waals surface area contributed by atoms with Crippen molar-refractivity contribution in [2.45, 2.75) is 5.82 Å². The molecular weight excluding hydrogens is 271 g/mol. The van der Waals surface area contributed by atoms with Crippen molar-refractivity contribution in [3.63, 3.8) is 0 Å². The van der Waals surface area contributed by atoms with Crippen molar-refractivity contribution < 1.29 is 9.90 Å². The van der Waals surface area contributed by atoms with Crippen LogP contribution in [0.2, 0.25) is 5.82 Å². The molecule has 0 atom stereocenters. The van der Waals surface area contributed by atoms with Gasteiger partial charge in [0.15, 0.2) is 0 Å². The van der Waals surface area contributed by atoms with Crippen LogP contribution in [0.25, 0.3) is 10.9 Å². The van der Waals surface area contributed by atoms with Crippen molar-refractivity contribution in [2.24, 2.45) is 0 Å². The first-order valence-electron chi connectivity index (χ1n) is 4.60. The first-order chi connectivity index (χ1) is 7.63. The van der Waals surface area contributed by atoms with E-state index in [0.29, 0.717) is 11.2 Å². The number of hydrogen-bond acceptors (Lipinski definition) is 3. The second kappa shape index (κ2) is 4.12. The number of carbonyl (C=O) groups is 1. The molecule has 82 valence electrons. The van der Waals surface area contributed by atoms with Crippen LogP contribution in [0.3, 0.4) is 0 Å². The molecule has 0 aliphatic rings. The number of benzene rings is 1. The standard InChI is InChI=1S/C11H10N2O2Se/c1-16-9-5-8(11(14)15)13-10-6(9)3-2-4-7(10)12/h2-5H,12H2,1H3,(H,14,15). The molecule has 0 radical (unpaired) electrons. The van der Waals surface area contributed by atoms with Gasteiger partial charge in [-0.05, 0) is 0 Å². The van der Waals surface area contributed by atoms with E-state index < -0.39 is 5.97 Å². The summed E-state index contributed by atoms with van der Waals surface area (Å²) in [5, 5.41) is 9.91. The van der Waals surface area contributed by atoms with E-state index in [9.17, 15) is 4.79 Å². The second-order valence-electron chi connectivity index (χ2n) is 3.26. The number of anilines is 1. The third-order valence-corrected chi connectivity index (χ3v) is 3.90. The summed E-state index contributed by atoms with van der Waals surface area (Å²) in [6.07, 6.45) is 0. The monoisotopic (exact) mass is 282 g/mol. The Morgan fingerprint density at radius 3 is 2.88 bits per heavy atom. The summed E-state index contributed by atoms with van der Waals surface area (Å²) >= 11 is 0.208. The molecule has 0 unspecified atom stereocenters. The number of carboxylic acids is 1. The number of aromatic carboxylic acids is 1. The molecule has 5 heteroatoms. The van der Waals surface area contributed by atoms with Crippen LogP contribution in [-0.2, 0) is 0 Å². The van der Waals surface area contributed by atoms with Gasteiger partial charge in [0.05, 0.1) is 0 Å². The fraction of sp³-hybridized carbons (Fsp3) is 0.0909. The summed E-state index contributed by atoms with van der Waals surface area (Å²) in [5.74, 6) is 1.02. The average molecular weight is 281 g/mol. The Labute approximate surface area is 98.6 Å². The summed E-state index contributed by atoms with van der Waals surface area (Å²) < 4.78 is 1.02. The number of fused-ring (bicyclic) bond motifs is 1. The number of nitrogens with zero attached hydrogens (tertiary/aromatic N) is 1. The number of nitrogen functional groups attached to an aromatic ring is 1. The van der Waals surface area contributed by atoms with E-state index in [1.165, 1.54) is 0 Å². The SMILES string of the molecule is C[Se]c1cc(C(=O)O)nc2c(N)cccc12.